The minimum Gasteiger partial charge on any atom is -0.461 e. The lowest BCUT2D eigenvalue weighted by molar-refractivity contribution is -0.138. The van der Waals surface area contributed by atoms with Gasteiger partial charge in [0.25, 0.3) is 0 Å². The molecule has 1 amide bonds. The first-order valence-electron chi connectivity index (χ1n) is 11.7. The summed E-state index contributed by atoms with van der Waals surface area (Å²) in [6.07, 6.45) is 7.11. The summed E-state index contributed by atoms with van der Waals surface area (Å²) in [7, 11) is 1.67. The van der Waals surface area contributed by atoms with Gasteiger partial charge in [0.15, 0.2) is 5.78 Å². The highest BCUT2D eigenvalue weighted by atomic mass is 19.1. The van der Waals surface area contributed by atoms with Crippen molar-refractivity contribution in [3.8, 4) is 0 Å². The molecule has 0 spiro atoms. The molecule has 0 aliphatic heterocycles. The summed E-state index contributed by atoms with van der Waals surface area (Å²) in [5.41, 5.74) is 0.492. The molecule has 2 aromatic rings. The molecule has 1 unspecified atom stereocenters. The van der Waals surface area contributed by atoms with Crippen molar-refractivity contribution in [3.63, 3.8) is 0 Å². The second-order valence-electron chi connectivity index (χ2n) is 8.62. The van der Waals surface area contributed by atoms with Gasteiger partial charge in [-0.1, -0.05) is 37.5 Å². The van der Waals surface area contributed by atoms with Crippen molar-refractivity contribution >= 4 is 17.7 Å². The Morgan fingerprint density at radius 1 is 1.03 bits per heavy atom. The second-order valence-corrected chi connectivity index (χ2v) is 8.62. The van der Waals surface area contributed by atoms with Gasteiger partial charge >= 0.3 is 5.97 Å². The van der Waals surface area contributed by atoms with E-state index < -0.39 is 29.4 Å². The third kappa shape index (κ3) is 7.82. The number of carbonyl (C=O) groups excluding carboxylic acids is 3. The van der Waals surface area contributed by atoms with E-state index in [1.807, 2.05) is 0 Å². The molecule has 186 valence electrons. The number of halogens is 2. The Balaban J connectivity index is 1.57. The first-order chi connectivity index (χ1) is 16.8. The fraction of sp³-hybridized carbons (Fsp3) is 0.370. The van der Waals surface area contributed by atoms with Gasteiger partial charge in [-0.2, -0.15) is 0 Å². The molecule has 0 aromatic heterocycles. The van der Waals surface area contributed by atoms with E-state index in [-0.39, 0.29) is 36.2 Å². The highest BCUT2D eigenvalue weighted by Crippen LogP contribution is 2.24. The summed E-state index contributed by atoms with van der Waals surface area (Å²) in [4.78, 5) is 38.9. The average molecular weight is 485 g/mol. The van der Waals surface area contributed by atoms with Crippen LogP contribution in [0.5, 0.6) is 0 Å². The molecule has 1 N–H and O–H groups in total. The van der Waals surface area contributed by atoms with Crippen LogP contribution in [0, 0.1) is 11.6 Å². The molecule has 1 aliphatic rings. The third-order valence-corrected chi connectivity index (χ3v) is 6.03. The lowest BCUT2D eigenvalue weighted by atomic mass is 9.94. The van der Waals surface area contributed by atoms with Crippen LogP contribution in [0.15, 0.2) is 60.7 Å². The molecular formula is C27H30F2N2O4. The van der Waals surface area contributed by atoms with E-state index in [1.54, 1.807) is 30.1 Å². The van der Waals surface area contributed by atoms with Crippen molar-refractivity contribution in [3.05, 3.63) is 83.4 Å². The minimum atomic E-state index is -0.882. The molecular weight excluding hydrogens is 454 g/mol. The maximum Gasteiger partial charge on any atom is 0.330 e. The van der Waals surface area contributed by atoms with Crippen LogP contribution < -0.4 is 5.32 Å². The number of rotatable bonds is 10. The van der Waals surface area contributed by atoms with Crippen molar-refractivity contribution in [2.45, 2.75) is 44.2 Å². The second kappa shape index (κ2) is 12.9. The zero-order chi connectivity index (χ0) is 25.2. The lowest BCUT2D eigenvalue weighted by Crippen LogP contribution is -2.45. The Labute approximate surface area is 204 Å². The fourth-order valence-corrected chi connectivity index (χ4v) is 4.12. The third-order valence-electron chi connectivity index (χ3n) is 6.03. The van der Waals surface area contributed by atoms with Gasteiger partial charge in [-0.05, 0) is 56.3 Å². The van der Waals surface area contributed by atoms with Crippen LogP contribution in [-0.4, -0.2) is 48.8 Å². The zero-order valence-electron chi connectivity index (χ0n) is 19.7. The number of hydrogen-bond acceptors (Lipinski definition) is 5. The van der Waals surface area contributed by atoms with Crippen LogP contribution in [-0.2, 0) is 14.3 Å². The van der Waals surface area contributed by atoms with Crippen molar-refractivity contribution in [1.82, 2.24) is 10.2 Å². The van der Waals surface area contributed by atoms with Crippen LogP contribution >= 0.6 is 0 Å². The highest BCUT2D eigenvalue weighted by Gasteiger charge is 2.29. The van der Waals surface area contributed by atoms with Crippen LogP contribution in [0.1, 0.15) is 54.1 Å². The molecule has 1 saturated carbocycles. The van der Waals surface area contributed by atoms with E-state index >= 15 is 0 Å². The van der Waals surface area contributed by atoms with E-state index in [1.165, 1.54) is 18.2 Å². The van der Waals surface area contributed by atoms with Crippen molar-refractivity contribution in [2.75, 3.05) is 20.2 Å². The molecule has 6 nitrogen and oxygen atoms in total. The monoisotopic (exact) mass is 484 g/mol. The lowest BCUT2D eigenvalue weighted by Gasteiger charge is -2.30. The molecule has 8 heteroatoms. The quantitative estimate of drug-likeness (QED) is 0.308. The number of benzene rings is 2. The van der Waals surface area contributed by atoms with E-state index in [4.69, 9.17) is 4.74 Å². The Hall–Kier alpha value is -3.39. The summed E-state index contributed by atoms with van der Waals surface area (Å²) in [6.45, 7) is 0.106. The number of nitrogens with one attached hydrogen (secondary N) is 1. The van der Waals surface area contributed by atoms with Crippen molar-refractivity contribution < 1.29 is 27.9 Å². The smallest absolute Gasteiger partial charge is 0.330 e. The average Bonchev–Trinajstić information content (AvgIpc) is 2.85. The first kappa shape index (κ1) is 26.2. The Morgan fingerprint density at radius 3 is 2.40 bits per heavy atom. The van der Waals surface area contributed by atoms with E-state index in [0.717, 1.165) is 56.4 Å². The Kier molecular flexibility index (Phi) is 9.66. The Bertz CT molecular complexity index is 1050. The zero-order valence-corrected chi connectivity index (χ0v) is 19.7. The largest absolute Gasteiger partial charge is 0.461 e. The molecule has 3 rings (SSSR count). The minimum absolute atomic E-state index is 0.0634. The number of ketones is 1. The number of allylic oxidation sites excluding steroid dienone is 1. The van der Waals surface area contributed by atoms with Gasteiger partial charge in [0, 0.05) is 29.8 Å². The van der Waals surface area contributed by atoms with Crippen LogP contribution in [0.3, 0.4) is 0 Å². The van der Waals surface area contributed by atoms with Gasteiger partial charge in [-0.15, -0.1) is 0 Å². The van der Waals surface area contributed by atoms with Gasteiger partial charge in [0.1, 0.15) is 24.3 Å². The van der Waals surface area contributed by atoms with Crippen molar-refractivity contribution in [2.24, 2.45) is 0 Å². The summed E-state index contributed by atoms with van der Waals surface area (Å²) in [5.74, 6) is -2.43. The summed E-state index contributed by atoms with van der Waals surface area (Å²) < 4.78 is 32.7. The molecule has 0 saturated heterocycles. The maximum atomic E-state index is 14.6. The predicted molar refractivity (Wildman–Crippen MR) is 128 cm³/mol. The maximum absolute atomic E-state index is 14.6. The standard InChI is InChI=1S/C27H30F2N2O4/c1-31(17-18-35-25(33)16-15-24(32)19-11-13-20(28)14-12-19)26(22-9-5-6-10-23(22)29)27(34)30-21-7-3-2-4-8-21/h5-6,9-16,21,26H,2-4,7-8,17-18H2,1H3,(H,30,34)/b16-15+. The number of ether oxygens (including phenoxy) is 1. The number of amides is 1. The van der Waals surface area contributed by atoms with Crippen LogP contribution in [0.25, 0.3) is 0 Å². The van der Waals surface area contributed by atoms with Gasteiger partial charge in [-0.25, -0.2) is 13.6 Å². The van der Waals surface area contributed by atoms with E-state index in [0.29, 0.717) is 0 Å². The van der Waals surface area contributed by atoms with E-state index in [2.05, 4.69) is 5.32 Å². The molecule has 0 bridgehead atoms. The first-order valence-corrected chi connectivity index (χ1v) is 11.7. The number of esters is 1. The number of likely N-dealkylation sites (N-methyl/N-ethyl adjacent to an activating group) is 1. The molecule has 1 atom stereocenters. The highest BCUT2D eigenvalue weighted by molar-refractivity contribution is 6.06. The summed E-state index contributed by atoms with van der Waals surface area (Å²) in [5, 5.41) is 3.05. The molecule has 35 heavy (non-hydrogen) atoms. The molecule has 0 heterocycles. The fourth-order valence-electron chi connectivity index (χ4n) is 4.12. The number of nitrogens with zero attached hydrogens (tertiary/aromatic N) is 1. The van der Waals surface area contributed by atoms with Gasteiger partial charge in [0.2, 0.25) is 5.91 Å². The van der Waals surface area contributed by atoms with Gasteiger partial charge < -0.3 is 10.1 Å². The normalized spacial score (nSPS) is 15.2. The van der Waals surface area contributed by atoms with Gasteiger partial charge in [-0.3, -0.25) is 14.5 Å². The molecule has 1 aliphatic carbocycles. The van der Waals surface area contributed by atoms with Crippen molar-refractivity contribution in [1.29, 1.82) is 0 Å². The SMILES string of the molecule is CN(CCOC(=O)/C=C/C(=O)c1ccc(F)cc1)C(C(=O)NC1CCCCC1)c1ccccc1F. The van der Waals surface area contributed by atoms with E-state index in [9.17, 15) is 23.2 Å². The summed E-state index contributed by atoms with van der Waals surface area (Å²) in [6, 6.07) is 10.3. The molecule has 2 aromatic carbocycles. The summed E-state index contributed by atoms with van der Waals surface area (Å²) >= 11 is 0. The van der Waals surface area contributed by atoms with Crippen LogP contribution in [0.2, 0.25) is 0 Å². The van der Waals surface area contributed by atoms with Gasteiger partial charge in [0.05, 0.1) is 0 Å². The molecule has 0 radical (unpaired) electrons. The predicted octanol–water partition coefficient (Wildman–Crippen LogP) is 4.37. The number of carbonyl (C=O) groups is 3. The Morgan fingerprint density at radius 2 is 1.71 bits per heavy atom. The van der Waals surface area contributed by atoms with Crippen LogP contribution in [0.4, 0.5) is 8.78 Å². The number of hydrogen-bond donors (Lipinski definition) is 1. The molecule has 1 fully saturated rings. The topological polar surface area (TPSA) is 75.7 Å².